The van der Waals surface area contributed by atoms with Crippen LogP contribution in [0.1, 0.15) is 19.4 Å². The maximum Gasteiger partial charge on any atom is 0.304 e. The van der Waals surface area contributed by atoms with E-state index in [-0.39, 0.29) is 0 Å². The minimum Gasteiger partial charge on any atom is -0.442 e. The van der Waals surface area contributed by atoms with Crippen molar-refractivity contribution < 1.29 is 9.53 Å². The predicted octanol–water partition coefficient (Wildman–Crippen LogP) is 1.49. The lowest BCUT2D eigenvalue weighted by Gasteiger charge is -2.22. The standard InChI is InChI=1S/C11H11NO2/c1-4-11(3,14-9(2)13)10-6-5-7-12-8-10/h1,5-8H,2-3H3. The molecule has 0 amide bonds. The van der Waals surface area contributed by atoms with Gasteiger partial charge in [-0.25, -0.2) is 0 Å². The van der Waals surface area contributed by atoms with Crippen LogP contribution in [0.15, 0.2) is 24.5 Å². The summed E-state index contributed by atoms with van der Waals surface area (Å²) in [5.74, 6) is 2.03. The zero-order chi connectivity index (χ0) is 10.6. The molecule has 0 bridgehead atoms. The van der Waals surface area contributed by atoms with Crippen molar-refractivity contribution in [1.29, 1.82) is 0 Å². The van der Waals surface area contributed by atoms with Gasteiger partial charge < -0.3 is 4.74 Å². The van der Waals surface area contributed by atoms with Gasteiger partial charge in [-0.2, -0.15) is 0 Å². The molecule has 0 spiro atoms. The van der Waals surface area contributed by atoms with Gasteiger partial charge in [-0.15, -0.1) is 6.42 Å². The molecule has 1 aromatic heterocycles. The van der Waals surface area contributed by atoms with Crippen LogP contribution in [0.4, 0.5) is 0 Å². The van der Waals surface area contributed by atoms with Crippen molar-refractivity contribution >= 4 is 5.97 Å². The molecule has 3 nitrogen and oxygen atoms in total. The number of nitrogens with zero attached hydrogens (tertiary/aromatic N) is 1. The molecule has 0 saturated heterocycles. The van der Waals surface area contributed by atoms with Gasteiger partial charge in [0.2, 0.25) is 0 Å². The third kappa shape index (κ3) is 2.11. The largest absolute Gasteiger partial charge is 0.442 e. The molecule has 0 N–H and O–H groups in total. The topological polar surface area (TPSA) is 39.2 Å². The minimum absolute atomic E-state index is 0.408. The Balaban J connectivity index is 3.03. The molecule has 1 aromatic rings. The fourth-order valence-corrected chi connectivity index (χ4v) is 1.10. The average Bonchev–Trinajstić information content (AvgIpc) is 2.18. The number of aromatic nitrogens is 1. The predicted molar refractivity (Wildman–Crippen MR) is 52.2 cm³/mol. The molecule has 0 radical (unpaired) electrons. The van der Waals surface area contributed by atoms with E-state index >= 15 is 0 Å². The fourth-order valence-electron chi connectivity index (χ4n) is 1.10. The van der Waals surface area contributed by atoms with E-state index in [4.69, 9.17) is 11.2 Å². The highest BCUT2D eigenvalue weighted by Gasteiger charge is 2.27. The van der Waals surface area contributed by atoms with Crippen LogP contribution >= 0.6 is 0 Å². The van der Waals surface area contributed by atoms with Crippen molar-refractivity contribution in [1.82, 2.24) is 4.98 Å². The van der Waals surface area contributed by atoms with Crippen molar-refractivity contribution in [3.8, 4) is 12.3 Å². The lowest BCUT2D eigenvalue weighted by molar-refractivity contribution is -0.151. The number of esters is 1. The first kappa shape index (κ1) is 10.3. The second-order valence-electron chi connectivity index (χ2n) is 3.01. The van der Waals surface area contributed by atoms with Gasteiger partial charge in [-0.3, -0.25) is 9.78 Å². The molecule has 14 heavy (non-hydrogen) atoms. The molecule has 3 heteroatoms. The molecule has 1 heterocycles. The van der Waals surface area contributed by atoms with Crippen molar-refractivity contribution in [2.24, 2.45) is 0 Å². The zero-order valence-corrected chi connectivity index (χ0v) is 8.15. The summed E-state index contributed by atoms with van der Waals surface area (Å²) in [6.45, 7) is 2.98. The van der Waals surface area contributed by atoms with Crippen LogP contribution < -0.4 is 0 Å². The van der Waals surface area contributed by atoms with Crippen molar-refractivity contribution in [3.05, 3.63) is 30.1 Å². The Hall–Kier alpha value is -1.82. The monoisotopic (exact) mass is 189 g/mol. The first-order valence-corrected chi connectivity index (χ1v) is 4.16. The smallest absolute Gasteiger partial charge is 0.304 e. The number of ether oxygens (including phenoxy) is 1. The highest BCUT2D eigenvalue weighted by molar-refractivity contribution is 5.67. The van der Waals surface area contributed by atoms with Gasteiger partial charge in [-0.05, 0) is 13.0 Å². The van der Waals surface area contributed by atoms with Crippen LogP contribution in [0.2, 0.25) is 0 Å². The molecule has 0 aliphatic rings. The second-order valence-corrected chi connectivity index (χ2v) is 3.01. The number of carbonyl (C=O) groups is 1. The summed E-state index contributed by atoms with van der Waals surface area (Å²) in [6, 6.07) is 3.52. The van der Waals surface area contributed by atoms with Crippen LogP contribution in [-0.4, -0.2) is 11.0 Å². The van der Waals surface area contributed by atoms with Crippen molar-refractivity contribution in [2.45, 2.75) is 19.4 Å². The number of terminal acetylenes is 1. The first-order chi connectivity index (χ1) is 6.58. The van der Waals surface area contributed by atoms with E-state index in [9.17, 15) is 4.79 Å². The molecule has 1 unspecified atom stereocenters. The van der Waals surface area contributed by atoms with Crippen molar-refractivity contribution in [2.75, 3.05) is 0 Å². The molecule has 0 aliphatic carbocycles. The van der Waals surface area contributed by atoms with Gasteiger partial charge >= 0.3 is 5.97 Å². The molecule has 0 fully saturated rings. The lowest BCUT2D eigenvalue weighted by Crippen LogP contribution is -2.26. The first-order valence-electron chi connectivity index (χ1n) is 4.16. The van der Waals surface area contributed by atoms with Gasteiger partial charge in [-0.1, -0.05) is 12.0 Å². The summed E-state index contributed by atoms with van der Waals surface area (Å²) in [6.07, 6.45) is 8.55. The fraction of sp³-hybridized carbons (Fsp3) is 0.273. The van der Waals surface area contributed by atoms with Crippen LogP contribution in [0, 0.1) is 12.3 Å². The zero-order valence-electron chi connectivity index (χ0n) is 8.15. The maximum absolute atomic E-state index is 10.9. The van der Waals surface area contributed by atoms with Crippen LogP contribution in [0.5, 0.6) is 0 Å². The third-order valence-corrected chi connectivity index (χ3v) is 1.84. The van der Waals surface area contributed by atoms with Gasteiger partial charge in [0.05, 0.1) is 0 Å². The SMILES string of the molecule is C#CC(C)(OC(C)=O)c1cccnc1. The molecular weight excluding hydrogens is 178 g/mol. The van der Waals surface area contributed by atoms with Gasteiger partial charge in [0.25, 0.3) is 0 Å². The minimum atomic E-state index is -1.03. The van der Waals surface area contributed by atoms with Crippen LogP contribution in [-0.2, 0) is 15.1 Å². The molecule has 72 valence electrons. The number of carbonyl (C=O) groups excluding carboxylic acids is 1. The molecule has 1 atom stereocenters. The van der Waals surface area contributed by atoms with E-state index in [1.165, 1.54) is 6.92 Å². The Morgan fingerprint density at radius 1 is 1.71 bits per heavy atom. The van der Waals surface area contributed by atoms with Gasteiger partial charge in [0.1, 0.15) is 0 Å². The van der Waals surface area contributed by atoms with E-state index in [1.54, 1.807) is 31.5 Å². The summed E-state index contributed by atoms with van der Waals surface area (Å²) >= 11 is 0. The Morgan fingerprint density at radius 3 is 2.86 bits per heavy atom. The molecule has 0 aliphatic heterocycles. The lowest BCUT2D eigenvalue weighted by atomic mass is 9.99. The Labute approximate surface area is 83.1 Å². The number of rotatable bonds is 2. The molecule has 0 saturated carbocycles. The molecule has 1 rings (SSSR count). The highest BCUT2D eigenvalue weighted by Crippen LogP contribution is 2.23. The Bertz CT molecular complexity index is 367. The van der Waals surface area contributed by atoms with Gasteiger partial charge in [0, 0.05) is 24.9 Å². The van der Waals surface area contributed by atoms with E-state index in [1.807, 2.05) is 0 Å². The second kappa shape index (κ2) is 3.93. The Kier molecular flexibility index (Phi) is 2.88. The van der Waals surface area contributed by atoms with E-state index in [2.05, 4.69) is 10.9 Å². The highest BCUT2D eigenvalue weighted by atomic mass is 16.6. The number of hydrogen-bond acceptors (Lipinski definition) is 3. The van der Waals surface area contributed by atoms with Crippen molar-refractivity contribution in [3.63, 3.8) is 0 Å². The van der Waals surface area contributed by atoms with Crippen LogP contribution in [0.25, 0.3) is 0 Å². The van der Waals surface area contributed by atoms with Gasteiger partial charge in [0.15, 0.2) is 5.60 Å². The summed E-state index contributed by atoms with van der Waals surface area (Å²) < 4.78 is 5.06. The summed E-state index contributed by atoms with van der Waals surface area (Å²) in [5.41, 5.74) is -0.335. The van der Waals surface area contributed by atoms with Crippen LogP contribution in [0.3, 0.4) is 0 Å². The molecular formula is C11H11NO2. The quantitative estimate of drug-likeness (QED) is 0.522. The average molecular weight is 189 g/mol. The molecule has 0 aromatic carbocycles. The maximum atomic E-state index is 10.9. The summed E-state index contributed by atoms with van der Waals surface area (Å²) in [4.78, 5) is 14.8. The number of pyridine rings is 1. The summed E-state index contributed by atoms with van der Waals surface area (Å²) in [5, 5.41) is 0. The van der Waals surface area contributed by atoms with E-state index < -0.39 is 11.6 Å². The van der Waals surface area contributed by atoms with E-state index in [0.717, 1.165) is 0 Å². The van der Waals surface area contributed by atoms with E-state index in [0.29, 0.717) is 5.56 Å². The number of hydrogen-bond donors (Lipinski definition) is 0. The third-order valence-electron chi connectivity index (χ3n) is 1.84. The Morgan fingerprint density at radius 2 is 2.43 bits per heavy atom. The normalized spacial score (nSPS) is 13.8. The summed E-state index contributed by atoms with van der Waals surface area (Å²) in [7, 11) is 0.